The van der Waals surface area contributed by atoms with E-state index in [-0.39, 0.29) is 6.42 Å². The number of carboxylic acid groups (broad SMARTS) is 1. The van der Waals surface area contributed by atoms with Crippen molar-refractivity contribution >= 4 is 17.1 Å². The van der Waals surface area contributed by atoms with Crippen LogP contribution in [-0.2, 0) is 11.2 Å². The molecule has 0 amide bonds. The van der Waals surface area contributed by atoms with E-state index in [4.69, 9.17) is 9.52 Å². The Labute approximate surface area is 109 Å². The Hall–Kier alpha value is -2.62. The van der Waals surface area contributed by atoms with Crippen LogP contribution in [-0.4, -0.2) is 16.1 Å². The summed E-state index contributed by atoms with van der Waals surface area (Å²) in [4.78, 5) is 15.0. The van der Waals surface area contributed by atoms with Gasteiger partial charge < -0.3 is 9.52 Å². The van der Waals surface area contributed by atoms with Crippen molar-refractivity contribution in [1.29, 1.82) is 0 Å². The number of nitrogens with zero attached hydrogens (tertiary/aromatic N) is 1. The number of carbonyl (C=O) groups is 1. The van der Waals surface area contributed by atoms with E-state index >= 15 is 0 Å². The third-order valence-electron chi connectivity index (χ3n) is 2.85. The standard InChI is InChI=1S/C15H11NO3/c17-14(18)9-10-5-7-11(8-6-10)15-16-12-3-1-2-4-13(12)19-15/h1-8H,9H2,(H,17,18). The van der Waals surface area contributed by atoms with Gasteiger partial charge in [0, 0.05) is 5.56 Å². The van der Waals surface area contributed by atoms with Crippen LogP contribution < -0.4 is 0 Å². The summed E-state index contributed by atoms with van der Waals surface area (Å²) in [6.45, 7) is 0. The Morgan fingerprint density at radius 1 is 1.11 bits per heavy atom. The van der Waals surface area contributed by atoms with Crippen LogP contribution in [0, 0.1) is 0 Å². The highest BCUT2D eigenvalue weighted by Gasteiger charge is 2.08. The fraction of sp³-hybridized carbons (Fsp3) is 0.0667. The van der Waals surface area contributed by atoms with E-state index in [0.29, 0.717) is 5.89 Å². The lowest BCUT2D eigenvalue weighted by Gasteiger charge is -1.98. The number of oxazole rings is 1. The zero-order valence-electron chi connectivity index (χ0n) is 10.0. The smallest absolute Gasteiger partial charge is 0.307 e. The number of aromatic nitrogens is 1. The van der Waals surface area contributed by atoms with Crippen molar-refractivity contribution in [3.05, 3.63) is 54.1 Å². The molecular weight excluding hydrogens is 242 g/mol. The molecular formula is C15H11NO3. The second-order valence-corrected chi connectivity index (χ2v) is 4.25. The van der Waals surface area contributed by atoms with Crippen molar-refractivity contribution in [2.45, 2.75) is 6.42 Å². The third kappa shape index (κ3) is 2.33. The number of benzene rings is 2. The lowest BCUT2D eigenvalue weighted by Crippen LogP contribution is -1.99. The molecule has 0 atom stereocenters. The highest BCUT2D eigenvalue weighted by atomic mass is 16.4. The van der Waals surface area contributed by atoms with Crippen LogP contribution in [0.15, 0.2) is 52.9 Å². The van der Waals surface area contributed by atoms with Gasteiger partial charge in [-0.2, -0.15) is 0 Å². The molecule has 4 nitrogen and oxygen atoms in total. The molecule has 0 radical (unpaired) electrons. The van der Waals surface area contributed by atoms with Gasteiger partial charge in [0.25, 0.3) is 0 Å². The van der Waals surface area contributed by atoms with Crippen LogP contribution in [0.4, 0.5) is 0 Å². The molecule has 0 saturated carbocycles. The van der Waals surface area contributed by atoms with Crippen molar-refractivity contribution in [2.75, 3.05) is 0 Å². The van der Waals surface area contributed by atoms with Gasteiger partial charge in [-0.3, -0.25) is 4.79 Å². The number of hydrogen-bond acceptors (Lipinski definition) is 3. The van der Waals surface area contributed by atoms with E-state index in [1.165, 1.54) is 0 Å². The minimum Gasteiger partial charge on any atom is -0.481 e. The molecule has 0 aliphatic carbocycles. The minimum atomic E-state index is -0.838. The zero-order valence-corrected chi connectivity index (χ0v) is 10.0. The maximum atomic E-state index is 10.6. The van der Waals surface area contributed by atoms with Crippen LogP contribution in [0.25, 0.3) is 22.6 Å². The van der Waals surface area contributed by atoms with Crippen molar-refractivity contribution in [2.24, 2.45) is 0 Å². The molecule has 0 saturated heterocycles. The van der Waals surface area contributed by atoms with E-state index in [9.17, 15) is 4.79 Å². The number of hydrogen-bond donors (Lipinski definition) is 1. The SMILES string of the molecule is O=C(O)Cc1ccc(-c2nc3ccccc3o2)cc1. The number of fused-ring (bicyclic) bond motifs is 1. The molecule has 3 rings (SSSR count). The monoisotopic (exact) mass is 253 g/mol. The molecule has 0 bridgehead atoms. The number of aliphatic carboxylic acids is 1. The van der Waals surface area contributed by atoms with E-state index < -0.39 is 5.97 Å². The number of carboxylic acids is 1. The summed E-state index contributed by atoms with van der Waals surface area (Å²) < 4.78 is 5.65. The first-order chi connectivity index (χ1) is 9.22. The van der Waals surface area contributed by atoms with Gasteiger partial charge in [-0.25, -0.2) is 4.98 Å². The van der Waals surface area contributed by atoms with Gasteiger partial charge in [-0.05, 0) is 29.8 Å². The first-order valence-corrected chi connectivity index (χ1v) is 5.89. The topological polar surface area (TPSA) is 63.3 Å². The largest absolute Gasteiger partial charge is 0.481 e. The lowest BCUT2D eigenvalue weighted by atomic mass is 10.1. The molecule has 0 unspecified atom stereocenters. The van der Waals surface area contributed by atoms with Crippen LogP contribution >= 0.6 is 0 Å². The van der Waals surface area contributed by atoms with E-state index in [0.717, 1.165) is 22.2 Å². The van der Waals surface area contributed by atoms with Gasteiger partial charge >= 0.3 is 5.97 Å². The summed E-state index contributed by atoms with van der Waals surface area (Å²) in [6, 6.07) is 14.8. The molecule has 0 fully saturated rings. The Morgan fingerprint density at radius 3 is 2.53 bits per heavy atom. The van der Waals surface area contributed by atoms with Crippen LogP contribution in [0.1, 0.15) is 5.56 Å². The fourth-order valence-electron chi connectivity index (χ4n) is 1.94. The second kappa shape index (κ2) is 4.57. The minimum absolute atomic E-state index is 0.0217. The normalized spacial score (nSPS) is 10.7. The molecule has 0 aliphatic heterocycles. The summed E-state index contributed by atoms with van der Waals surface area (Å²) in [5.74, 6) is -0.294. The summed E-state index contributed by atoms with van der Waals surface area (Å²) in [5.41, 5.74) is 3.15. The maximum Gasteiger partial charge on any atom is 0.307 e. The second-order valence-electron chi connectivity index (χ2n) is 4.25. The summed E-state index contributed by atoms with van der Waals surface area (Å²) in [5, 5.41) is 8.72. The van der Waals surface area contributed by atoms with E-state index in [2.05, 4.69) is 4.98 Å². The van der Waals surface area contributed by atoms with Gasteiger partial charge in [-0.15, -0.1) is 0 Å². The molecule has 19 heavy (non-hydrogen) atoms. The van der Waals surface area contributed by atoms with Crippen LogP contribution in [0.2, 0.25) is 0 Å². The molecule has 0 aliphatic rings. The van der Waals surface area contributed by atoms with Gasteiger partial charge in [0.05, 0.1) is 6.42 Å². The van der Waals surface area contributed by atoms with Gasteiger partial charge in [0.15, 0.2) is 5.58 Å². The van der Waals surface area contributed by atoms with Crippen molar-refractivity contribution in [1.82, 2.24) is 4.98 Å². The van der Waals surface area contributed by atoms with E-state index in [1.54, 1.807) is 12.1 Å². The lowest BCUT2D eigenvalue weighted by molar-refractivity contribution is -0.136. The van der Waals surface area contributed by atoms with Gasteiger partial charge in [0.2, 0.25) is 5.89 Å². The fourth-order valence-corrected chi connectivity index (χ4v) is 1.94. The van der Waals surface area contributed by atoms with Crippen molar-refractivity contribution in [3.63, 3.8) is 0 Å². The average Bonchev–Trinajstić information content (AvgIpc) is 2.82. The first-order valence-electron chi connectivity index (χ1n) is 5.89. The number of para-hydroxylation sites is 2. The Kier molecular flexibility index (Phi) is 2.76. The molecule has 1 N–H and O–H groups in total. The number of rotatable bonds is 3. The molecule has 3 aromatic rings. The van der Waals surface area contributed by atoms with Gasteiger partial charge in [-0.1, -0.05) is 24.3 Å². The summed E-state index contributed by atoms with van der Waals surface area (Å²) in [6.07, 6.45) is 0.0217. The molecule has 0 spiro atoms. The zero-order chi connectivity index (χ0) is 13.2. The molecule has 1 heterocycles. The molecule has 4 heteroatoms. The quantitative estimate of drug-likeness (QED) is 0.778. The molecule has 1 aromatic heterocycles. The maximum absolute atomic E-state index is 10.6. The van der Waals surface area contributed by atoms with Gasteiger partial charge in [0.1, 0.15) is 5.52 Å². The Balaban J connectivity index is 1.95. The predicted molar refractivity (Wildman–Crippen MR) is 70.8 cm³/mol. The average molecular weight is 253 g/mol. The van der Waals surface area contributed by atoms with E-state index in [1.807, 2.05) is 36.4 Å². The highest BCUT2D eigenvalue weighted by Crippen LogP contribution is 2.24. The Morgan fingerprint density at radius 2 is 1.84 bits per heavy atom. The highest BCUT2D eigenvalue weighted by molar-refractivity contribution is 5.76. The molecule has 94 valence electrons. The van der Waals surface area contributed by atoms with Crippen LogP contribution in [0.5, 0.6) is 0 Å². The summed E-state index contributed by atoms with van der Waals surface area (Å²) in [7, 11) is 0. The summed E-state index contributed by atoms with van der Waals surface area (Å²) >= 11 is 0. The predicted octanol–water partition coefficient (Wildman–Crippen LogP) is 3.12. The third-order valence-corrected chi connectivity index (χ3v) is 2.85. The van der Waals surface area contributed by atoms with Crippen LogP contribution in [0.3, 0.4) is 0 Å². The molecule has 2 aromatic carbocycles. The first kappa shape index (κ1) is 11.5. The van der Waals surface area contributed by atoms with Crippen molar-refractivity contribution < 1.29 is 14.3 Å². The Bertz CT molecular complexity index is 695. The van der Waals surface area contributed by atoms with Crippen molar-refractivity contribution in [3.8, 4) is 11.5 Å².